The van der Waals surface area contributed by atoms with E-state index in [-0.39, 0.29) is 36.0 Å². The number of amides is 2. The Bertz CT molecular complexity index is 562. The molecule has 154 valence electrons. The van der Waals surface area contributed by atoms with Crippen molar-refractivity contribution in [1.29, 1.82) is 0 Å². The van der Waals surface area contributed by atoms with Crippen LogP contribution in [0.3, 0.4) is 0 Å². The Morgan fingerprint density at radius 3 is 2.44 bits per heavy atom. The maximum atomic E-state index is 11.9. The summed E-state index contributed by atoms with van der Waals surface area (Å²) in [5.41, 5.74) is 5.48. The highest BCUT2D eigenvalue weighted by Crippen LogP contribution is 2.45. The minimum Gasteiger partial charge on any atom is -0.459 e. The summed E-state index contributed by atoms with van der Waals surface area (Å²) in [4.78, 5) is 34.7. The van der Waals surface area contributed by atoms with E-state index in [4.69, 9.17) is 15.2 Å². The molecule has 0 aromatic carbocycles. The molecule has 0 aliphatic heterocycles. The molecule has 0 bridgehead atoms. The molecule has 0 heterocycles. The average molecular weight is 383 g/mol. The van der Waals surface area contributed by atoms with Crippen molar-refractivity contribution in [3.63, 3.8) is 0 Å². The zero-order valence-electron chi connectivity index (χ0n) is 16.8. The van der Waals surface area contributed by atoms with Gasteiger partial charge in [0.15, 0.2) is 0 Å². The molecule has 2 amide bonds. The highest BCUT2D eigenvalue weighted by molar-refractivity contribution is 5.81. The Morgan fingerprint density at radius 1 is 1.22 bits per heavy atom. The number of hydrogen-bond donors (Lipinski definition) is 3. The molecule has 3 atom stereocenters. The summed E-state index contributed by atoms with van der Waals surface area (Å²) in [5.74, 6) is -0.725. The van der Waals surface area contributed by atoms with Crippen molar-refractivity contribution >= 4 is 18.0 Å². The summed E-state index contributed by atoms with van der Waals surface area (Å²) in [7, 11) is 0. The largest absolute Gasteiger partial charge is 0.459 e. The third kappa shape index (κ3) is 8.43. The molecule has 0 aromatic rings. The standard InChI is InChI=1S/C19H33N3O5/c1-6-15(23)26-7-8-27-17(25)21-12-19(5)10-14(9-18(3,4)11-19)22-16(24)13(2)20/h6,13-14H,1,7-12,20H2,2-5H3,(H,21,25)(H,22,24). The van der Waals surface area contributed by atoms with E-state index in [0.717, 1.165) is 25.3 Å². The van der Waals surface area contributed by atoms with E-state index < -0.39 is 18.1 Å². The fourth-order valence-electron chi connectivity index (χ4n) is 3.88. The lowest BCUT2D eigenvalue weighted by Gasteiger charge is -2.47. The number of ether oxygens (including phenoxy) is 2. The van der Waals surface area contributed by atoms with Crippen molar-refractivity contribution in [1.82, 2.24) is 10.6 Å². The molecular formula is C19H33N3O5. The van der Waals surface area contributed by atoms with Crippen LogP contribution in [-0.2, 0) is 19.1 Å². The lowest BCUT2D eigenvalue weighted by Crippen LogP contribution is -2.52. The second kappa shape index (κ2) is 9.73. The van der Waals surface area contributed by atoms with Crippen LogP contribution < -0.4 is 16.4 Å². The highest BCUT2D eigenvalue weighted by atomic mass is 16.6. The number of hydrogen-bond acceptors (Lipinski definition) is 6. The van der Waals surface area contributed by atoms with E-state index in [9.17, 15) is 14.4 Å². The number of alkyl carbamates (subject to hydrolysis) is 1. The monoisotopic (exact) mass is 383 g/mol. The summed E-state index contributed by atoms with van der Waals surface area (Å²) in [6.07, 6.45) is 2.99. The molecule has 1 fully saturated rings. The van der Waals surface area contributed by atoms with Crippen LogP contribution in [0.4, 0.5) is 4.79 Å². The van der Waals surface area contributed by atoms with Gasteiger partial charge >= 0.3 is 12.1 Å². The van der Waals surface area contributed by atoms with Gasteiger partial charge in [-0.05, 0) is 37.0 Å². The van der Waals surface area contributed by atoms with Crippen LogP contribution in [-0.4, -0.2) is 49.8 Å². The Kier molecular flexibility index (Phi) is 8.27. The first-order valence-electron chi connectivity index (χ1n) is 9.22. The molecule has 0 radical (unpaired) electrons. The van der Waals surface area contributed by atoms with Crippen molar-refractivity contribution in [3.05, 3.63) is 12.7 Å². The molecule has 4 N–H and O–H groups in total. The second-order valence-corrected chi connectivity index (χ2v) is 8.42. The van der Waals surface area contributed by atoms with E-state index in [0.29, 0.717) is 6.54 Å². The van der Waals surface area contributed by atoms with Crippen molar-refractivity contribution in [2.24, 2.45) is 16.6 Å². The number of carbonyl (C=O) groups excluding carboxylic acids is 3. The van der Waals surface area contributed by atoms with E-state index in [1.165, 1.54) is 0 Å². The maximum Gasteiger partial charge on any atom is 0.407 e. The van der Waals surface area contributed by atoms with Crippen LogP contribution in [0.25, 0.3) is 0 Å². The second-order valence-electron chi connectivity index (χ2n) is 8.42. The molecule has 1 aliphatic rings. The van der Waals surface area contributed by atoms with Gasteiger partial charge in [-0.3, -0.25) is 4.79 Å². The van der Waals surface area contributed by atoms with Crippen LogP contribution in [0.5, 0.6) is 0 Å². The Hall–Kier alpha value is -2.09. The fraction of sp³-hybridized carbons (Fsp3) is 0.737. The molecule has 1 aliphatic carbocycles. The molecule has 1 rings (SSSR count). The zero-order chi connectivity index (χ0) is 20.7. The van der Waals surface area contributed by atoms with Crippen molar-refractivity contribution in [2.75, 3.05) is 19.8 Å². The first kappa shape index (κ1) is 23.0. The number of esters is 1. The lowest BCUT2D eigenvalue weighted by molar-refractivity contribution is -0.138. The van der Waals surface area contributed by atoms with Gasteiger partial charge in [-0.15, -0.1) is 0 Å². The summed E-state index contributed by atoms with van der Waals surface area (Å²) < 4.78 is 9.74. The summed E-state index contributed by atoms with van der Waals surface area (Å²) in [6.45, 7) is 11.7. The van der Waals surface area contributed by atoms with Gasteiger partial charge < -0.3 is 25.8 Å². The third-order valence-corrected chi connectivity index (χ3v) is 4.59. The Morgan fingerprint density at radius 2 is 1.85 bits per heavy atom. The van der Waals surface area contributed by atoms with Gasteiger partial charge in [0.1, 0.15) is 13.2 Å². The van der Waals surface area contributed by atoms with Crippen LogP contribution in [0, 0.1) is 10.8 Å². The smallest absolute Gasteiger partial charge is 0.407 e. The molecular weight excluding hydrogens is 350 g/mol. The molecule has 0 spiro atoms. The quantitative estimate of drug-likeness (QED) is 0.332. The number of carbonyl (C=O) groups is 3. The first-order valence-corrected chi connectivity index (χ1v) is 9.22. The SMILES string of the molecule is C=CC(=O)OCCOC(=O)NCC1(C)CC(NC(=O)C(C)N)CC(C)(C)C1. The molecule has 0 saturated heterocycles. The van der Waals surface area contributed by atoms with E-state index in [1.807, 2.05) is 0 Å². The fourth-order valence-corrected chi connectivity index (χ4v) is 3.88. The Labute approximate surface area is 161 Å². The van der Waals surface area contributed by atoms with Gasteiger partial charge in [-0.2, -0.15) is 0 Å². The van der Waals surface area contributed by atoms with Crippen LogP contribution >= 0.6 is 0 Å². The molecule has 0 aromatic heterocycles. The van der Waals surface area contributed by atoms with Gasteiger partial charge in [-0.25, -0.2) is 9.59 Å². The summed E-state index contributed by atoms with van der Waals surface area (Å²) in [5, 5.41) is 5.78. The lowest BCUT2D eigenvalue weighted by atomic mass is 9.62. The van der Waals surface area contributed by atoms with Crippen LogP contribution in [0.1, 0.15) is 47.0 Å². The minimum absolute atomic E-state index is 0.00776. The number of rotatable bonds is 8. The predicted molar refractivity (Wildman–Crippen MR) is 102 cm³/mol. The molecule has 1 saturated carbocycles. The highest BCUT2D eigenvalue weighted by Gasteiger charge is 2.42. The Balaban J connectivity index is 2.51. The molecule has 8 heteroatoms. The van der Waals surface area contributed by atoms with Gasteiger partial charge in [0, 0.05) is 18.7 Å². The molecule has 3 unspecified atom stereocenters. The minimum atomic E-state index is -0.564. The van der Waals surface area contributed by atoms with E-state index in [2.05, 4.69) is 38.0 Å². The van der Waals surface area contributed by atoms with E-state index >= 15 is 0 Å². The normalized spacial score (nSPS) is 25.0. The van der Waals surface area contributed by atoms with Crippen molar-refractivity contribution < 1.29 is 23.9 Å². The number of nitrogens with one attached hydrogen (secondary N) is 2. The van der Waals surface area contributed by atoms with E-state index in [1.54, 1.807) is 6.92 Å². The van der Waals surface area contributed by atoms with Gasteiger partial charge in [0.05, 0.1) is 6.04 Å². The molecule has 27 heavy (non-hydrogen) atoms. The maximum absolute atomic E-state index is 11.9. The number of nitrogens with two attached hydrogens (primary N) is 1. The van der Waals surface area contributed by atoms with Crippen LogP contribution in [0.2, 0.25) is 0 Å². The van der Waals surface area contributed by atoms with Crippen LogP contribution in [0.15, 0.2) is 12.7 Å². The zero-order valence-corrected chi connectivity index (χ0v) is 16.8. The first-order chi connectivity index (χ1) is 12.5. The van der Waals surface area contributed by atoms with Gasteiger partial charge in [0.2, 0.25) is 5.91 Å². The molecule has 8 nitrogen and oxygen atoms in total. The third-order valence-electron chi connectivity index (χ3n) is 4.59. The predicted octanol–water partition coefficient (Wildman–Crippen LogP) is 1.49. The summed E-state index contributed by atoms with van der Waals surface area (Å²) in [6, 6.07) is -0.544. The summed E-state index contributed by atoms with van der Waals surface area (Å²) >= 11 is 0. The van der Waals surface area contributed by atoms with Gasteiger partial charge in [0.25, 0.3) is 0 Å². The van der Waals surface area contributed by atoms with Crippen molar-refractivity contribution in [2.45, 2.75) is 59.0 Å². The van der Waals surface area contributed by atoms with Gasteiger partial charge in [-0.1, -0.05) is 27.4 Å². The topological polar surface area (TPSA) is 120 Å². The average Bonchev–Trinajstić information content (AvgIpc) is 2.54. The van der Waals surface area contributed by atoms with Crippen molar-refractivity contribution in [3.8, 4) is 0 Å².